The van der Waals surface area contributed by atoms with Crippen LogP contribution in [0.4, 0.5) is 0 Å². The maximum atomic E-state index is 2.38. The minimum Gasteiger partial charge on any atom is -0.146 e. The van der Waals surface area contributed by atoms with Crippen molar-refractivity contribution in [2.24, 2.45) is 11.8 Å². The Balaban J connectivity index is 0.000000495. The van der Waals surface area contributed by atoms with Gasteiger partial charge in [0.2, 0.25) is 0 Å². The van der Waals surface area contributed by atoms with E-state index in [1.165, 1.54) is 251 Å². The first kappa shape index (κ1) is 78.2. The van der Waals surface area contributed by atoms with E-state index in [9.17, 15) is 0 Å². The van der Waals surface area contributed by atoms with E-state index in [2.05, 4.69) is 175 Å². The number of unbranched alkanes of at least 4 members (excludes halogenated alkanes) is 17. The third-order valence-corrected chi connectivity index (χ3v) is 21.8. The molecule has 6 heterocycles. The summed E-state index contributed by atoms with van der Waals surface area (Å²) in [6, 6.07) is 14.1. The van der Waals surface area contributed by atoms with Gasteiger partial charge in [0, 0.05) is 58.5 Å². The van der Waals surface area contributed by atoms with E-state index in [0.29, 0.717) is 0 Å². The molecule has 0 nitrogen and oxygen atoms in total. The van der Waals surface area contributed by atoms with Gasteiger partial charge in [-0.2, -0.15) is 0 Å². The molecule has 6 rings (SSSR count). The maximum absolute atomic E-state index is 2.38. The first-order chi connectivity index (χ1) is 39.2. The molecule has 0 bridgehead atoms. The standard InChI is InChI=1S/C16H28S.2C14H24S.C12H20S.2C10H16S/c1-4-5-6-7-8-9-10-11-12-16-13-14(2)17-15(16)3;1-5-7-8-13(6-2)10-14-9-11(3)15-12(14)4;1-4-5-6-7-8-9-10-14-11-12(2)15-13(14)3;1-4-5-6-7-8-12-9-10(2)13-11(12)3;1-7(2)5-10-6-8(3)11-9(10)4;1-4-5-6-10-7-8(2)11-9(10)3/h13H,4-12H2,1-3H3;9,13H,5-8,10H2,1-4H3;11H,4-10H2,1-3H3;9H,4-8H2,1-3H3;6-7H,5H2,1-4H3;7H,4-6H2,1-3H3. The first-order valence-electron chi connectivity index (χ1n) is 33.6. The van der Waals surface area contributed by atoms with Crippen molar-refractivity contribution in [2.75, 3.05) is 0 Å². The maximum Gasteiger partial charge on any atom is 0.00491 e. The summed E-state index contributed by atoms with van der Waals surface area (Å²) >= 11 is 11.6. The van der Waals surface area contributed by atoms with E-state index in [4.69, 9.17) is 0 Å². The number of hydrogen-bond donors (Lipinski definition) is 0. The summed E-state index contributed by atoms with van der Waals surface area (Å²) in [5.74, 6) is 1.68. The van der Waals surface area contributed by atoms with Gasteiger partial charge in [0.1, 0.15) is 0 Å². The van der Waals surface area contributed by atoms with Crippen LogP contribution in [0.2, 0.25) is 0 Å². The van der Waals surface area contributed by atoms with E-state index in [1.807, 2.05) is 68.0 Å². The minimum absolute atomic E-state index is 0.780. The SMILES string of the molecule is CCCCC(CC)Cc1cc(C)sc1C.CCCCCCCCCCc1cc(C)sc1C.CCCCCCCCc1cc(C)sc1C.CCCCCCc1cc(C)sc1C.CCCCc1cc(C)sc1C.Cc1cc(CC(C)C)c(C)s1. The molecule has 1 unspecified atom stereocenters. The fourth-order valence-corrected chi connectivity index (χ4v) is 16.7. The predicted octanol–water partition coefficient (Wildman–Crippen LogP) is 28.2. The summed E-state index contributed by atoms with van der Waals surface area (Å²) in [5, 5.41) is 0. The number of thiophene rings is 6. The first-order valence-corrected chi connectivity index (χ1v) is 38.5. The van der Waals surface area contributed by atoms with Crippen LogP contribution in [-0.4, -0.2) is 0 Å². The van der Waals surface area contributed by atoms with Gasteiger partial charge in [0.25, 0.3) is 0 Å². The Morgan fingerprint density at radius 1 is 0.268 bits per heavy atom. The van der Waals surface area contributed by atoms with Gasteiger partial charge in [0.05, 0.1) is 0 Å². The molecule has 6 aromatic heterocycles. The molecule has 0 N–H and O–H groups in total. The van der Waals surface area contributed by atoms with Gasteiger partial charge in [-0.1, -0.05) is 184 Å². The van der Waals surface area contributed by atoms with E-state index in [0.717, 1.165) is 11.8 Å². The van der Waals surface area contributed by atoms with Crippen LogP contribution in [0.1, 0.15) is 301 Å². The molecule has 0 aliphatic heterocycles. The molecule has 1 atom stereocenters. The lowest BCUT2D eigenvalue weighted by molar-refractivity contribution is 0.449. The van der Waals surface area contributed by atoms with Gasteiger partial charge in [-0.05, 0) is 229 Å². The normalized spacial score (nSPS) is 11.2. The van der Waals surface area contributed by atoms with Crippen molar-refractivity contribution < 1.29 is 0 Å². The second-order valence-corrected chi connectivity index (χ2v) is 33.3. The molecule has 0 spiro atoms. The smallest absolute Gasteiger partial charge is 0.00491 e. The third kappa shape index (κ3) is 37.0. The molecule has 0 aliphatic rings. The molecular formula is C76H128S6. The Kier molecular flexibility index (Phi) is 46.0. The topological polar surface area (TPSA) is 0 Å². The van der Waals surface area contributed by atoms with Gasteiger partial charge < -0.3 is 0 Å². The number of aryl methyl sites for hydroxylation is 16. The van der Waals surface area contributed by atoms with E-state index in [-0.39, 0.29) is 0 Å². The van der Waals surface area contributed by atoms with Crippen LogP contribution >= 0.6 is 68.0 Å². The molecule has 0 aliphatic carbocycles. The van der Waals surface area contributed by atoms with Gasteiger partial charge in [-0.25, -0.2) is 0 Å². The van der Waals surface area contributed by atoms with Crippen molar-refractivity contribution in [3.63, 3.8) is 0 Å². The van der Waals surface area contributed by atoms with Crippen LogP contribution < -0.4 is 0 Å². The van der Waals surface area contributed by atoms with E-state index >= 15 is 0 Å². The average Bonchev–Trinajstić information content (AvgIpc) is 4.28. The Morgan fingerprint density at radius 3 is 0.744 bits per heavy atom. The number of hydrogen-bond acceptors (Lipinski definition) is 6. The molecular weight excluding hydrogens is 1110 g/mol. The lowest BCUT2D eigenvalue weighted by Crippen LogP contribution is -2.03. The van der Waals surface area contributed by atoms with Gasteiger partial charge in [-0.15, -0.1) is 68.0 Å². The van der Waals surface area contributed by atoms with Gasteiger partial charge in [0.15, 0.2) is 0 Å². The Morgan fingerprint density at radius 2 is 0.500 bits per heavy atom. The van der Waals surface area contributed by atoms with Crippen LogP contribution in [0.3, 0.4) is 0 Å². The summed E-state index contributed by atoms with van der Waals surface area (Å²) in [4.78, 5) is 17.9. The monoisotopic (exact) mass is 1230 g/mol. The summed E-state index contributed by atoms with van der Waals surface area (Å²) in [7, 11) is 0. The zero-order chi connectivity index (χ0) is 61.2. The van der Waals surface area contributed by atoms with E-state index in [1.54, 1.807) is 33.4 Å². The molecule has 0 aromatic carbocycles. The summed E-state index contributed by atoms with van der Waals surface area (Å²) in [6.07, 6.45) is 41.0. The minimum atomic E-state index is 0.780. The second-order valence-electron chi connectivity index (χ2n) is 24.5. The molecule has 6 heteroatoms. The zero-order valence-electron chi connectivity index (χ0n) is 57.3. The Labute approximate surface area is 535 Å². The van der Waals surface area contributed by atoms with Crippen molar-refractivity contribution >= 4 is 68.0 Å². The largest absolute Gasteiger partial charge is 0.146 e. The quantitative estimate of drug-likeness (QED) is 0.0369. The van der Waals surface area contributed by atoms with Gasteiger partial charge >= 0.3 is 0 Å². The highest BCUT2D eigenvalue weighted by Crippen LogP contribution is 2.29. The highest BCUT2D eigenvalue weighted by molar-refractivity contribution is 7.13. The van der Waals surface area contributed by atoms with Crippen molar-refractivity contribution in [3.05, 3.63) is 128 Å². The Hall–Kier alpha value is -1.80. The van der Waals surface area contributed by atoms with Crippen molar-refractivity contribution in [1.29, 1.82) is 0 Å². The molecule has 0 saturated carbocycles. The van der Waals surface area contributed by atoms with E-state index < -0.39 is 0 Å². The molecule has 0 amide bonds. The molecule has 0 radical (unpaired) electrons. The van der Waals surface area contributed by atoms with Crippen molar-refractivity contribution in [2.45, 2.75) is 331 Å². The fourth-order valence-electron chi connectivity index (χ4n) is 10.8. The molecule has 0 fully saturated rings. The van der Waals surface area contributed by atoms with Crippen LogP contribution in [0.5, 0.6) is 0 Å². The molecule has 82 heavy (non-hydrogen) atoms. The van der Waals surface area contributed by atoms with Crippen LogP contribution in [0.25, 0.3) is 0 Å². The van der Waals surface area contributed by atoms with Crippen LogP contribution in [-0.2, 0) is 38.5 Å². The molecule has 6 aromatic rings. The highest BCUT2D eigenvalue weighted by atomic mass is 32.1. The number of rotatable bonds is 32. The summed E-state index contributed by atoms with van der Waals surface area (Å²) in [6.45, 7) is 44.9. The van der Waals surface area contributed by atoms with Crippen LogP contribution in [0, 0.1) is 94.9 Å². The summed E-state index contributed by atoms with van der Waals surface area (Å²) in [5.41, 5.74) is 9.47. The van der Waals surface area contributed by atoms with Gasteiger partial charge in [-0.3, -0.25) is 0 Å². The highest BCUT2D eigenvalue weighted by Gasteiger charge is 2.11. The fraction of sp³-hybridized carbons (Fsp3) is 0.684. The lowest BCUT2D eigenvalue weighted by Gasteiger charge is -2.13. The summed E-state index contributed by atoms with van der Waals surface area (Å²) < 4.78 is 0. The third-order valence-electron chi connectivity index (χ3n) is 15.7. The predicted molar refractivity (Wildman–Crippen MR) is 388 cm³/mol. The van der Waals surface area contributed by atoms with Crippen LogP contribution in [0.15, 0.2) is 36.4 Å². The molecule has 0 saturated heterocycles. The second kappa shape index (κ2) is 48.2. The van der Waals surface area contributed by atoms with Crippen molar-refractivity contribution in [1.82, 2.24) is 0 Å². The molecule has 468 valence electrons. The van der Waals surface area contributed by atoms with Crippen molar-refractivity contribution in [3.8, 4) is 0 Å². The zero-order valence-corrected chi connectivity index (χ0v) is 62.2. The Bertz CT molecular complexity index is 2430. The lowest BCUT2D eigenvalue weighted by atomic mass is 9.92. The average molecular weight is 1230 g/mol.